The molecule has 0 unspecified atom stereocenters. The molecule has 0 amide bonds. The molecule has 0 spiro atoms. The summed E-state index contributed by atoms with van der Waals surface area (Å²) in [6, 6.07) is 6.93. The maximum atomic E-state index is 10.8. The number of nitro benzene ring substituents is 1. The van der Waals surface area contributed by atoms with Gasteiger partial charge in [-0.1, -0.05) is 13.8 Å². The first-order valence-electron chi connectivity index (χ1n) is 9.70. The zero-order valence-corrected chi connectivity index (χ0v) is 17.2. The topological polar surface area (TPSA) is 93.2 Å². The van der Waals surface area contributed by atoms with Gasteiger partial charge < -0.3 is 4.90 Å². The van der Waals surface area contributed by atoms with Gasteiger partial charge in [0.25, 0.3) is 5.69 Å². The largest absolute Gasteiger partial charge is 0.369 e. The van der Waals surface area contributed by atoms with Crippen LogP contribution in [0.4, 0.5) is 11.4 Å². The van der Waals surface area contributed by atoms with Crippen molar-refractivity contribution in [3.63, 3.8) is 0 Å². The number of piperazine rings is 1. The highest BCUT2D eigenvalue weighted by molar-refractivity contribution is 5.51. The number of anilines is 1. The van der Waals surface area contributed by atoms with Crippen molar-refractivity contribution in [1.29, 1.82) is 0 Å². The molecule has 1 aliphatic rings. The highest BCUT2D eigenvalue weighted by Crippen LogP contribution is 2.31. The second kappa shape index (κ2) is 7.83. The molecule has 1 aromatic heterocycles. The molecule has 1 saturated heterocycles. The Morgan fingerprint density at radius 1 is 1.07 bits per heavy atom. The quantitative estimate of drug-likeness (QED) is 0.575. The van der Waals surface area contributed by atoms with E-state index in [2.05, 4.69) is 59.9 Å². The van der Waals surface area contributed by atoms with Crippen LogP contribution in [0.1, 0.15) is 46.5 Å². The molecule has 1 aromatic carbocycles. The predicted molar refractivity (Wildman–Crippen MR) is 107 cm³/mol. The molecule has 0 bridgehead atoms. The van der Waals surface area contributed by atoms with Crippen molar-refractivity contribution in [2.24, 2.45) is 5.92 Å². The maximum absolute atomic E-state index is 10.8. The standard InChI is InChI=1S/C19H29N7O2/c1-14(2)17(18-20-21-22-25(18)19(3,4)5)24-12-10-23(11-13-24)15-6-8-16(9-7-15)26(27)28/h6-9,14,17H,10-13H2,1-5H3/t17-/m1/s1. The molecule has 2 aromatic rings. The summed E-state index contributed by atoms with van der Waals surface area (Å²) in [6.07, 6.45) is 0. The van der Waals surface area contributed by atoms with E-state index in [0.29, 0.717) is 5.92 Å². The molecular weight excluding hydrogens is 358 g/mol. The summed E-state index contributed by atoms with van der Waals surface area (Å²) in [5.41, 5.74) is 0.967. The first-order chi connectivity index (χ1) is 13.2. The van der Waals surface area contributed by atoms with Crippen molar-refractivity contribution in [3.05, 3.63) is 40.2 Å². The number of nitrogens with zero attached hydrogens (tertiary/aromatic N) is 7. The van der Waals surface area contributed by atoms with Crippen molar-refractivity contribution in [2.45, 2.75) is 46.2 Å². The fourth-order valence-corrected chi connectivity index (χ4v) is 3.78. The number of aromatic nitrogens is 4. The minimum atomic E-state index is -0.367. The molecule has 0 aliphatic carbocycles. The minimum Gasteiger partial charge on any atom is -0.369 e. The third-order valence-electron chi connectivity index (χ3n) is 5.16. The summed E-state index contributed by atoms with van der Waals surface area (Å²) in [7, 11) is 0. The number of nitro groups is 1. The zero-order valence-electron chi connectivity index (χ0n) is 17.2. The molecule has 9 nitrogen and oxygen atoms in total. The maximum Gasteiger partial charge on any atom is 0.269 e. The molecule has 1 atom stereocenters. The average Bonchev–Trinajstić information content (AvgIpc) is 3.12. The third-order valence-corrected chi connectivity index (χ3v) is 5.16. The lowest BCUT2D eigenvalue weighted by atomic mass is 9.99. The number of non-ortho nitro benzene ring substituents is 1. The van der Waals surface area contributed by atoms with Crippen LogP contribution in [0.3, 0.4) is 0 Å². The van der Waals surface area contributed by atoms with Gasteiger partial charge in [-0.3, -0.25) is 15.0 Å². The Morgan fingerprint density at radius 3 is 2.18 bits per heavy atom. The molecule has 152 valence electrons. The Hall–Kier alpha value is -2.55. The van der Waals surface area contributed by atoms with E-state index in [-0.39, 0.29) is 22.2 Å². The second-order valence-corrected chi connectivity index (χ2v) is 8.61. The van der Waals surface area contributed by atoms with Gasteiger partial charge in [0.15, 0.2) is 5.82 Å². The number of rotatable bonds is 5. The fourth-order valence-electron chi connectivity index (χ4n) is 3.78. The molecule has 0 radical (unpaired) electrons. The summed E-state index contributed by atoms with van der Waals surface area (Å²) < 4.78 is 1.93. The van der Waals surface area contributed by atoms with Gasteiger partial charge in [-0.2, -0.15) is 0 Å². The lowest BCUT2D eigenvalue weighted by molar-refractivity contribution is -0.384. The van der Waals surface area contributed by atoms with Gasteiger partial charge >= 0.3 is 0 Å². The second-order valence-electron chi connectivity index (χ2n) is 8.61. The summed E-state index contributed by atoms with van der Waals surface area (Å²) in [4.78, 5) is 15.2. The molecule has 3 rings (SSSR count). The highest BCUT2D eigenvalue weighted by Gasteiger charge is 2.33. The van der Waals surface area contributed by atoms with E-state index in [1.165, 1.54) is 0 Å². The number of benzene rings is 1. The lowest BCUT2D eigenvalue weighted by Crippen LogP contribution is -2.49. The molecule has 28 heavy (non-hydrogen) atoms. The Kier molecular flexibility index (Phi) is 5.64. The van der Waals surface area contributed by atoms with Crippen molar-refractivity contribution in [1.82, 2.24) is 25.1 Å². The Balaban J connectivity index is 1.73. The molecule has 1 aliphatic heterocycles. The zero-order chi connectivity index (χ0) is 20.5. The van der Waals surface area contributed by atoms with Gasteiger partial charge in [-0.05, 0) is 49.2 Å². The van der Waals surface area contributed by atoms with Gasteiger partial charge in [0.05, 0.1) is 16.5 Å². The Labute approximate surface area is 165 Å². The van der Waals surface area contributed by atoms with Crippen LogP contribution in [-0.4, -0.2) is 56.2 Å². The summed E-state index contributed by atoms with van der Waals surface area (Å²) in [5.74, 6) is 1.28. The van der Waals surface area contributed by atoms with Gasteiger partial charge in [0.1, 0.15) is 0 Å². The molecular formula is C19H29N7O2. The summed E-state index contributed by atoms with van der Waals surface area (Å²) in [6.45, 7) is 14.2. The normalized spacial score (nSPS) is 17.1. The smallest absolute Gasteiger partial charge is 0.269 e. The van der Waals surface area contributed by atoms with E-state index < -0.39 is 0 Å². The van der Waals surface area contributed by atoms with Crippen LogP contribution < -0.4 is 4.90 Å². The number of hydrogen-bond acceptors (Lipinski definition) is 7. The van der Waals surface area contributed by atoms with Crippen LogP contribution in [0, 0.1) is 16.0 Å². The van der Waals surface area contributed by atoms with Crippen molar-refractivity contribution < 1.29 is 4.92 Å². The highest BCUT2D eigenvalue weighted by atomic mass is 16.6. The van der Waals surface area contributed by atoms with Gasteiger partial charge in [-0.25, -0.2) is 4.68 Å². The first kappa shape index (κ1) is 20.2. The van der Waals surface area contributed by atoms with E-state index in [1.807, 2.05) is 16.8 Å². The Morgan fingerprint density at radius 2 is 1.68 bits per heavy atom. The van der Waals surface area contributed by atoms with E-state index in [9.17, 15) is 10.1 Å². The van der Waals surface area contributed by atoms with Crippen molar-refractivity contribution in [2.75, 3.05) is 31.1 Å². The molecule has 0 N–H and O–H groups in total. The molecule has 1 fully saturated rings. The molecule has 0 saturated carbocycles. The van der Waals surface area contributed by atoms with Crippen LogP contribution in [-0.2, 0) is 5.54 Å². The van der Waals surface area contributed by atoms with Crippen LogP contribution in [0.5, 0.6) is 0 Å². The summed E-state index contributed by atoms with van der Waals surface area (Å²) in [5, 5.41) is 23.4. The third kappa shape index (κ3) is 4.14. The van der Waals surface area contributed by atoms with E-state index >= 15 is 0 Å². The molecule has 2 heterocycles. The molecule has 9 heteroatoms. The van der Waals surface area contributed by atoms with Crippen molar-refractivity contribution >= 4 is 11.4 Å². The SMILES string of the molecule is CC(C)[C@H](c1nnnn1C(C)(C)C)N1CCN(c2ccc([N+](=O)[O-])cc2)CC1. The monoisotopic (exact) mass is 387 g/mol. The van der Waals surface area contributed by atoms with Crippen LogP contribution in [0.15, 0.2) is 24.3 Å². The fraction of sp³-hybridized carbons (Fsp3) is 0.632. The predicted octanol–water partition coefficient (Wildman–Crippen LogP) is 2.86. The van der Waals surface area contributed by atoms with Crippen LogP contribution in [0.25, 0.3) is 0 Å². The van der Waals surface area contributed by atoms with Crippen LogP contribution >= 0.6 is 0 Å². The average molecular weight is 387 g/mol. The van der Waals surface area contributed by atoms with Gasteiger partial charge in [0, 0.05) is 44.0 Å². The Bertz CT molecular complexity index is 802. The van der Waals surface area contributed by atoms with E-state index in [1.54, 1.807) is 12.1 Å². The lowest BCUT2D eigenvalue weighted by Gasteiger charge is -2.41. The van der Waals surface area contributed by atoms with E-state index in [4.69, 9.17) is 0 Å². The first-order valence-corrected chi connectivity index (χ1v) is 9.70. The van der Waals surface area contributed by atoms with Gasteiger partial charge in [0.2, 0.25) is 0 Å². The van der Waals surface area contributed by atoms with Crippen molar-refractivity contribution in [3.8, 4) is 0 Å². The minimum absolute atomic E-state index is 0.122. The summed E-state index contributed by atoms with van der Waals surface area (Å²) >= 11 is 0. The van der Waals surface area contributed by atoms with E-state index in [0.717, 1.165) is 37.7 Å². The van der Waals surface area contributed by atoms with Gasteiger partial charge in [-0.15, -0.1) is 5.10 Å². The number of hydrogen-bond donors (Lipinski definition) is 0. The van der Waals surface area contributed by atoms with Crippen LogP contribution in [0.2, 0.25) is 0 Å². The number of tetrazole rings is 1.